The van der Waals surface area contributed by atoms with Crippen LogP contribution in [0.2, 0.25) is 0 Å². The maximum atomic E-state index is 13.0. The van der Waals surface area contributed by atoms with E-state index >= 15 is 0 Å². The molecule has 1 aromatic rings. The van der Waals surface area contributed by atoms with E-state index < -0.39 is 34.1 Å². The fraction of sp³-hybridized carbons (Fsp3) is 0.375. The van der Waals surface area contributed by atoms with Gasteiger partial charge >= 0.3 is 5.97 Å². The lowest BCUT2D eigenvalue weighted by molar-refractivity contribution is -0.704. The molecule has 3 atom stereocenters. The maximum Gasteiger partial charge on any atom is 0.321 e. The summed E-state index contributed by atoms with van der Waals surface area (Å²) in [5.41, 5.74) is 6.38. The second kappa shape index (κ2) is 9.18. The molecule has 2 aliphatic heterocycles. The van der Waals surface area contributed by atoms with Gasteiger partial charge in [0.2, 0.25) is 15.9 Å². The molecule has 2 heterocycles. The van der Waals surface area contributed by atoms with Crippen LogP contribution in [0.4, 0.5) is 0 Å². The van der Waals surface area contributed by atoms with Crippen molar-refractivity contribution >= 4 is 39.0 Å². The van der Waals surface area contributed by atoms with E-state index in [9.17, 15) is 13.2 Å². The summed E-state index contributed by atoms with van der Waals surface area (Å²) in [4.78, 5) is 17.7. The summed E-state index contributed by atoms with van der Waals surface area (Å²) in [5.74, 6) is 0.234. The standard InChI is InChI=1S/C24H28N4O4S2/c1-27(34(30,31)19-8-4-3-5-9-19)16-22(29)32-20-10-6-7-13-24(20,23(25)33)18-11-12-21-26-14-15-28(21,2)17-18/h3-5,8-9,11-12,14-15,17,20H,6-7,10,13,16H2,1-2H3,(H-,25,33)/p+1. The largest absolute Gasteiger partial charge is 0.460 e. The Balaban J connectivity index is 1.58. The molecule has 0 bridgehead atoms. The number of aliphatic imine (C=N–C) groups is 1. The van der Waals surface area contributed by atoms with Crippen molar-refractivity contribution in [3.05, 3.63) is 66.7 Å². The highest BCUT2D eigenvalue weighted by molar-refractivity contribution is 7.89. The Bertz CT molecular complexity index is 1220. The lowest BCUT2D eigenvalue weighted by Gasteiger charge is -2.44. The lowest BCUT2D eigenvalue weighted by atomic mass is 9.66. The topological polar surface area (TPSA) is 102 Å². The van der Waals surface area contributed by atoms with Crippen LogP contribution >= 0.6 is 12.2 Å². The number of thiocarbonyl (C=S) groups is 1. The fourth-order valence-corrected chi connectivity index (χ4v) is 6.30. The van der Waals surface area contributed by atoms with Crippen molar-refractivity contribution in [1.82, 2.24) is 4.31 Å². The average Bonchev–Trinajstić information content (AvgIpc) is 3.20. The number of sulfonamides is 1. The Morgan fingerprint density at radius 1 is 1.29 bits per heavy atom. The van der Waals surface area contributed by atoms with Gasteiger partial charge in [-0.15, -0.1) is 0 Å². The zero-order chi connectivity index (χ0) is 24.6. The quantitative estimate of drug-likeness (QED) is 0.350. The number of ether oxygens (including phenoxy) is 1. The first-order valence-electron chi connectivity index (χ1n) is 11.1. The number of benzene rings is 1. The maximum absolute atomic E-state index is 13.0. The van der Waals surface area contributed by atoms with Crippen LogP contribution in [-0.4, -0.2) is 60.7 Å². The molecular formula is C24H29N4O4S2+. The van der Waals surface area contributed by atoms with Crippen LogP contribution in [0.15, 0.2) is 76.5 Å². The average molecular weight is 502 g/mol. The predicted molar refractivity (Wildman–Crippen MR) is 134 cm³/mol. The number of carbonyl (C=O) groups is 1. The van der Waals surface area contributed by atoms with Crippen LogP contribution in [0.25, 0.3) is 0 Å². The third-order valence-corrected chi connectivity index (χ3v) is 8.95. The molecule has 3 unspecified atom stereocenters. The van der Waals surface area contributed by atoms with Gasteiger partial charge < -0.3 is 10.5 Å². The van der Waals surface area contributed by atoms with Crippen LogP contribution in [0.5, 0.6) is 0 Å². The third-order valence-electron chi connectivity index (χ3n) is 6.76. The molecule has 0 aromatic heterocycles. The highest BCUT2D eigenvalue weighted by Crippen LogP contribution is 2.47. The summed E-state index contributed by atoms with van der Waals surface area (Å²) < 4.78 is 33.0. The SMILES string of the molecule is CN(CC(=O)OC1CCCCC1(C(N)=S)C1=C[N+]2(C)C=CN=C2C=C1)S(=O)(=O)c1ccccc1. The van der Waals surface area contributed by atoms with Gasteiger partial charge in [-0.25, -0.2) is 12.9 Å². The van der Waals surface area contributed by atoms with Crippen LogP contribution in [-0.2, 0) is 19.6 Å². The lowest BCUT2D eigenvalue weighted by Crippen LogP contribution is -2.52. The van der Waals surface area contributed by atoms with Crippen molar-refractivity contribution in [1.29, 1.82) is 0 Å². The monoisotopic (exact) mass is 501 g/mol. The molecule has 1 aliphatic carbocycles. The van der Waals surface area contributed by atoms with Gasteiger partial charge in [-0.05, 0) is 37.5 Å². The molecule has 1 fully saturated rings. The Kier molecular flexibility index (Phi) is 6.61. The van der Waals surface area contributed by atoms with E-state index in [4.69, 9.17) is 22.7 Å². The van der Waals surface area contributed by atoms with E-state index in [-0.39, 0.29) is 9.88 Å². The van der Waals surface area contributed by atoms with Gasteiger partial charge in [0, 0.05) is 18.7 Å². The second-order valence-electron chi connectivity index (χ2n) is 8.98. The number of hydrogen-bond acceptors (Lipinski definition) is 6. The number of quaternary nitrogens is 1. The molecule has 0 radical (unpaired) electrons. The van der Waals surface area contributed by atoms with Crippen LogP contribution < -0.4 is 5.73 Å². The number of allylic oxidation sites excluding steroid dienone is 1. The molecule has 2 N–H and O–H groups in total. The Morgan fingerprint density at radius 2 is 2.03 bits per heavy atom. The molecule has 3 aliphatic rings. The van der Waals surface area contributed by atoms with E-state index in [1.807, 2.05) is 31.6 Å². The molecule has 10 heteroatoms. The number of nitrogens with two attached hydrogens (primary N) is 1. The number of amidine groups is 1. The van der Waals surface area contributed by atoms with Crippen molar-refractivity contribution in [2.24, 2.45) is 16.1 Å². The Hall–Kier alpha value is -2.66. The van der Waals surface area contributed by atoms with E-state index in [1.54, 1.807) is 24.4 Å². The first-order chi connectivity index (χ1) is 16.1. The number of hydrogen-bond donors (Lipinski definition) is 1. The van der Waals surface area contributed by atoms with Crippen LogP contribution in [0.1, 0.15) is 25.7 Å². The highest BCUT2D eigenvalue weighted by atomic mass is 32.2. The molecule has 4 rings (SSSR count). The number of esters is 1. The van der Waals surface area contributed by atoms with Crippen molar-refractivity contribution in [2.75, 3.05) is 20.6 Å². The van der Waals surface area contributed by atoms with Gasteiger partial charge in [-0.1, -0.05) is 36.8 Å². The smallest absolute Gasteiger partial charge is 0.321 e. The minimum Gasteiger partial charge on any atom is -0.460 e. The Morgan fingerprint density at radius 3 is 2.74 bits per heavy atom. The van der Waals surface area contributed by atoms with E-state index in [0.717, 1.165) is 28.6 Å². The van der Waals surface area contributed by atoms with Gasteiger partial charge in [0.05, 0.1) is 28.5 Å². The first kappa shape index (κ1) is 24.5. The van der Waals surface area contributed by atoms with Gasteiger partial charge in [-0.2, -0.15) is 9.30 Å². The minimum atomic E-state index is -3.82. The third kappa shape index (κ3) is 4.26. The summed E-state index contributed by atoms with van der Waals surface area (Å²) in [6.45, 7) is -0.413. The number of carbonyl (C=O) groups excluding carboxylic acids is 1. The van der Waals surface area contributed by atoms with Crippen LogP contribution in [0.3, 0.4) is 0 Å². The van der Waals surface area contributed by atoms with Gasteiger partial charge in [-0.3, -0.25) is 4.79 Å². The van der Waals surface area contributed by atoms with Gasteiger partial charge in [0.1, 0.15) is 25.0 Å². The Labute approximate surface area is 205 Å². The number of fused-ring (bicyclic) bond motifs is 1. The van der Waals surface area contributed by atoms with Gasteiger partial charge in [0.25, 0.3) is 0 Å². The summed E-state index contributed by atoms with van der Waals surface area (Å²) in [6.07, 6.45) is 12.0. The molecule has 1 saturated carbocycles. The summed E-state index contributed by atoms with van der Waals surface area (Å²) in [6, 6.07) is 7.99. The predicted octanol–water partition coefficient (Wildman–Crippen LogP) is 2.85. The van der Waals surface area contributed by atoms with Crippen molar-refractivity contribution in [2.45, 2.75) is 36.7 Å². The molecular weight excluding hydrogens is 472 g/mol. The molecule has 34 heavy (non-hydrogen) atoms. The minimum absolute atomic E-state index is 0.117. The molecule has 0 saturated heterocycles. The van der Waals surface area contributed by atoms with Crippen molar-refractivity contribution in [3.63, 3.8) is 0 Å². The van der Waals surface area contributed by atoms with E-state index in [2.05, 4.69) is 4.99 Å². The number of nitrogens with zero attached hydrogens (tertiary/aromatic N) is 3. The first-order valence-corrected chi connectivity index (χ1v) is 13.0. The fourth-order valence-electron chi connectivity index (χ4n) is 4.81. The summed E-state index contributed by atoms with van der Waals surface area (Å²) in [5, 5.41) is 0. The number of rotatable bonds is 7. The summed E-state index contributed by atoms with van der Waals surface area (Å²) >= 11 is 5.56. The number of likely N-dealkylation sites (N-methyl/N-ethyl adjacent to an activating group) is 2. The normalized spacial score (nSPS) is 28.3. The molecule has 0 spiro atoms. The van der Waals surface area contributed by atoms with Crippen molar-refractivity contribution < 1.29 is 22.4 Å². The molecule has 8 nitrogen and oxygen atoms in total. The van der Waals surface area contributed by atoms with Gasteiger partial charge in [0.15, 0.2) is 0 Å². The molecule has 1 aromatic carbocycles. The molecule has 180 valence electrons. The summed E-state index contributed by atoms with van der Waals surface area (Å²) in [7, 11) is -0.452. The molecule has 0 amide bonds. The highest BCUT2D eigenvalue weighted by Gasteiger charge is 2.50. The zero-order valence-corrected chi connectivity index (χ0v) is 20.9. The second-order valence-corrected chi connectivity index (χ2v) is 11.5. The van der Waals surface area contributed by atoms with Crippen molar-refractivity contribution in [3.8, 4) is 0 Å². The zero-order valence-electron chi connectivity index (χ0n) is 19.3. The van der Waals surface area contributed by atoms with E-state index in [1.165, 1.54) is 19.2 Å². The van der Waals surface area contributed by atoms with Crippen LogP contribution in [0, 0.1) is 5.41 Å². The van der Waals surface area contributed by atoms with E-state index in [0.29, 0.717) is 17.3 Å².